The first-order valence-electron chi connectivity index (χ1n) is 8.49. The zero-order valence-electron chi connectivity index (χ0n) is 14.4. The van der Waals surface area contributed by atoms with Crippen LogP contribution in [-0.2, 0) is 9.59 Å². The van der Waals surface area contributed by atoms with Crippen molar-refractivity contribution in [1.82, 2.24) is 10.6 Å². The van der Waals surface area contributed by atoms with Gasteiger partial charge in [-0.3, -0.25) is 9.59 Å². The molecule has 0 spiro atoms. The van der Waals surface area contributed by atoms with E-state index in [2.05, 4.69) is 15.4 Å². The quantitative estimate of drug-likeness (QED) is 0.727. The van der Waals surface area contributed by atoms with Crippen molar-refractivity contribution in [2.75, 3.05) is 24.5 Å². The highest BCUT2D eigenvalue weighted by Gasteiger charge is 2.35. The van der Waals surface area contributed by atoms with Gasteiger partial charge in [-0.05, 0) is 43.9 Å². The minimum Gasteiger partial charge on any atom is -0.406 e. The summed E-state index contributed by atoms with van der Waals surface area (Å²) >= 11 is 0. The van der Waals surface area contributed by atoms with Gasteiger partial charge in [0.1, 0.15) is 11.8 Å². The first-order chi connectivity index (χ1) is 12.3. The Hall–Kier alpha value is -2.00. The molecule has 1 aliphatic carbocycles. The van der Waals surface area contributed by atoms with Gasteiger partial charge in [-0.15, -0.1) is 25.6 Å². The molecule has 1 unspecified atom stereocenters. The van der Waals surface area contributed by atoms with Crippen LogP contribution in [0.25, 0.3) is 0 Å². The second kappa shape index (κ2) is 8.79. The van der Waals surface area contributed by atoms with Crippen LogP contribution in [0.3, 0.4) is 0 Å². The van der Waals surface area contributed by atoms with Crippen LogP contribution in [0.5, 0.6) is 5.75 Å². The summed E-state index contributed by atoms with van der Waals surface area (Å²) in [5, 5.41) is 5.72. The molecule has 2 amide bonds. The minimum absolute atomic E-state index is 0. The minimum atomic E-state index is -4.79. The number of rotatable bonds is 7. The van der Waals surface area contributed by atoms with Crippen LogP contribution in [-0.4, -0.2) is 43.9 Å². The lowest BCUT2D eigenvalue weighted by Gasteiger charge is -2.18. The second-order valence-corrected chi connectivity index (χ2v) is 6.52. The zero-order valence-corrected chi connectivity index (χ0v) is 15.2. The topological polar surface area (TPSA) is 70.7 Å². The number of carbonyl (C=O) groups is 2. The fourth-order valence-corrected chi connectivity index (χ4v) is 2.88. The second-order valence-electron chi connectivity index (χ2n) is 6.52. The summed E-state index contributed by atoms with van der Waals surface area (Å²) < 4.78 is 40.9. The third-order valence-electron chi connectivity index (χ3n) is 4.32. The van der Waals surface area contributed by atoms with Gasteiger partial charge in [-0.2, -0.15) is 0 Å². The van der Waals surface area contributed by atoms with Gasteiger partial charge in [0.25, 0.3) is 0 Å². The SMILES string of the molecule is Cl.O=C(CNCC1CC1)NC1CCN(c2cccc(OC(F)(F)F)c2)C1=O. The maximum Gasteiger partial charge on any atom is 0.573 e. The van der Waals surface area contributed by atoms with Crippen molar-refractivity contribution in [3.05, 3.63) is 24.3 Å². The van der Waals surface area contributed by atoms with Crippen molar-refractivity contribution >= 4 is 29.9 Å². The van der Waals surface area contributed by atoms with Crippen LogP contribution in [0.15, 0.2) is 24.3 Å². The van der Waals surface area contributed by atoms with E-state index < -0.39 is 12.4 Å². The molecular weight excluding hydrogens is 387 g/mol. The summed E-state index contributed by atoms with van der Waals surface area (Å²) in [5.74, 6) is -0.345. The number of anilines is 1. The molecule has 0 bridgehead atoms. The maximum atomic E-state index is 12.5. The first kappa shape index (κ1) is 21.3. The van der Waals surface area contributed by atoms with Gasteiger partial charge in [0.2, 0.25) is 11.8 Å². The lowest BCUT2D eigenvalue weighted by molar-refractivity contribution is -0.274. The summed E-state index contributed by atoms with van der Waals surface area (Å²) in [6, 6.07) is 4.58. The van der Waals surface area contributed by atoms with E-state index in [1.54, 1.807) is 0 Å². The molecule has 0 aromatic heterocycles. The van der Waals surface area contributed by atoms with Crippen LogP contribution in [0.2, 0.25) is 0 Å². The Morgan fingerprint density at radius 1 is 1.26 bits per heavy atom. The third-order valence-corrected chi connectivity index (χ3v) is 4.32. The lowest BCUT2D eigenvalue weighted by Crippen LogP contribution is -2.45. The molecule has 150 valence electrons. The highest BCUT2D eigenvalue weighted by molar-refractivity contribution is 6.01. The standard InChI is InChI=1S/C17H20F3N3O3.ClH/c18-17(19,20)26-13-3-1-2-12(8-13)23-7-6-14(16(23)25)22-15(24)10-21-9-11-4-5-11;/h1-3,8,11,14,21H,4-7,9-10H2,(H,22,24);1H. The Morgan fingerprint density at radius 2 is 2.00 bits per heavy atom. The van der Waals surface area contributed by atoms with Crippen molar-refractivity contribution in [1.29, 1.82) is 0 Å². The van der Waals surface area contributed by atoms with E-state index in [1.165, 1.54) is 35.9 Å². The molecule has 10 heteroatoms. The van der Waals surface area contributed by atoms with E-state index in [-0.39, 0.29) is 36.5 Å². The number of halogens is 4. The molecule has 2 N–H and O–H groups in total. The highest BCUT2D eigenvalue weighted by Crippen LogP contribution is 2.29. The largest absolute Gasteiger partial charge is 0.573 e. The maximum absolute atomic E-state index is 12.5. The molecule has 27 heavy (non-hydrogen) atoms. The third kappa shape index (κ3) is 6.28. The number of amides is 2. The number of nitrogens with one attached hydrogen (secondary N) is 2. The van der Waals surface area contributed by atoms with Crippen LogP contribution in [0.1, 0.15) is 19.3 Å². The molecule has 2 fully saturated rings. The Kier molecular flexibility index (Phi) is 6.94. The average Bonchev–Trinajstić information content (AvgIpc) is 3.30. The molecule has 0 radical (unpaired) electrons. The van der Waals surface area contributed by atoms with Crippen LogP contribution in [0, 0.1) is 5.92 Å². The van der Waals surface area contributed by atoms with E-state index >= 15 is 0 Å². The van der Waals surface area contributed by atoms with E-state index in [0.29, 0.717) is 24.6 Å². The molecule has 1 heterocycles. The van der Waals surface area contributed by atoms with Gasteiger partial charge in [-0.1, -0.05) is 6.07 Å². The van der Waals surface area contributed by atoms with E-state index in [0.717, 1.165) is 12.6 Å². The van der Waals surface area contributed by atoms with Gasteiger partial charge < -0.3 is 20.3 Å². The van der Waals surface area contributed by atoms with Crippen LogP contribution in [0.4, 0.5) is 18.9 Å². The molecule has 1 atom stereocenters. The van der Waals surface area contributed by atoms with Crippen molar-refractivity contribution in [3.63, 3.8) is 0 Å². The van der Waals surface area contributed by atoms with Gasteiger partial charge in [0, 0.05) is 18.3 Å². The summed E-state index contributed by atoms with van der Waals surface area (Å²) in [5.41, 5.74) is 0.306. The van der Waals surface area contributed by atoms with Gasteiger partial charge in [0.15, 0.2) is 0 Å². The number of hydrogen-bond donors (Lipinski definition) is 2. The Bertz CT molecular complexity index is 683. The number of ether oxygens (including phenoxy) is 1. The predicted molar refractivity (Wildman–Crippen MR) is 94.9 cm³/mol. The molecular formula is C17H21ClF3N3O3. The number of nitrogens with zero attached hydrogens (tertiary/aromatic N) is 1. The average molecular weight is 408 g/mol. The number of carbonyl (C=O) groups excluding carboxylic acids is 2. The normalized spacial score (nSPS) is 19.6. The smallest absolute Gasteiger partial charge is 0.406 e. The van der Waals surface area contributed by atoms with Crippen molar-refractivity contribution < 1.29 is 27.5 Å². The van der Waals surface area contributed by atoms with Crippen LogP contribution >= 0.6 is 12.4 Å². The van der Waals surface area contributed by atoms with E-state index in [1.807, 2.05) is 0 Å². The highest BCUT2D eigenvalue weighted by atomic mass is 35.5. The molecule has 1 aliphatic heterocycles. The molecule has 3 rings (SSSR count). The molecule has 6 nitrogen and oxygen atoms in total. The number of benzene rings is 1. The zero-order chi connectivity index (χ0) is 18.7. The van der Waals surface area contributed by atoms with Gasteiger partial charge in [0.05, 0.1) is 6.54 Å². The number of hydrogen-bond acceptors (Lipinski definition) is 4. The molecule has 1 aromatic carbocycles. The Morgan fingerprint density at radius 3 is 2.67 bits per heavy atom. The van der Waals surface area contributed by atoms with Gasteiger partial charge >= 0.3 is 6.36 Å². The molecule has 1 saturated carbocycles. The predicted octanol–water partition coefficient (Wildman–Crippen LogP) is 2.23. The monoisotopic (exact) mass is 407 g/mol. The molecule has 1 aromatic rings. The Balaban J connectivity index is 0.00000261. The van der Waals surface area contributed by atoms with Crippen molar-refractivity contribution in [2.45, 2.75) is 31.7 Å². The lowest BCUT2D eigenvalue weighted by atomic mass is 10.2. The Labute approximate surface area is 160 Å². The fraction of sp³-hybridized carbons (Fsp3) is 0.529. The summed E-state index contributed by atoms with van der Waals surface area (Å²) in [7, 11) is 0. The summed E-state index contributed by atoms with van der Waals surface area (Å²) in [6.45, 7) is 1.26. The summed E-state index contributed by atoms with van der Waals surface area (Å²) in [4.78, 5) is 25.7. The van der Waals surface area contributed by atoms with Crippen molar-refractivity contribution in [3.8, 4) is 5.75 Å². The number of alkyl halides is 3. The van der Waals surface area contributed by atoms with Crippen LogP contribution < -0.4 is 20.3 Å². The van der Waals surface area contributed by atoms with E-state index in [4.69, 9.17) is 0 Å². The molecule has 1 saturated heterocycles. The van der Waals surface area contributed by atoms with Crippen molar-refractivity contribution in [2.24, 2.45) is 5.92 Å². The first-order valence-corrected chi connectivity index (χ1v) is 8.49. The fourth-order valence-electron chi connectivity index (χ4n) is 2.88. The molecule has 2 aliphatic rings. The summed E-state index contributed by atoms with van der Waals surface area (Å²) in [6.07, 6.45) is -2.03. The van der Waals surface area contributed by atoms with Gasteiger partial charge in [-0.25, -0.2) is 0 Å². The van der Waals surface area contributed by atoms with E-state index in [9.17, 15) is 22.8 Å².